The summed E-state index contributed by atoms with van der Waals surface area (Å²) >= 11 is 0. The Kier molecular flexibility index (Phi) is 2.47. The van der Waals surface area contributed by atoms with Crippen molar-refractivity contribution in [3.8, 4) is 0 Å². The third kappa shape index (κ3) is 1.38. The Bertz CT molecular complexity index is 376. The lowest BCUT2D eigenvalue weighted by Gasteiger charge is -2.43. The van der Waals surface area contributed by atoms with E-state index in [0.29, 0.717) is 12.8 Å². The Labute approximate surface area is 103 Å². The highest BCUT2D eigenvalue weighted by Crippen LogP contribution is 2.55. The van der Waals surface area contributed by atoms with E-state index < -0.39 is 23.3 Å². The summed E-state index contributed by atoms with van der Waals surface area (Å²) in [6.45, 7) is 0.0399. The fourth-order valence-corrected chi connectivity index (χ4v) is 3.73. The normalized spacial score (nSPS) is 35.3. The molecule has 3 nitrogen and oxygen atoms in total. The number of fused-ring (bicyclic) bond motifs is 2. The first-order valence-electron chi connectivity index (χ1n) is 6.45. The molecule has 1 aliphatic carbocycles. The predicted octanol–water partition coefficient (Wildman–Crippen LogP) is 2.60. The molecule has 0 aromatic rings. The summed E-state index contributed by atoms with van der Waals surface area (Å²) < 4.78 is 45.1. The molecule has 0 aromatic heterocycles. The van der Waals surface area contributed by atoms with Crippen LogP contribution in [0.5, 0.6) is 0 Å². The molecule has 3 rings (SSSR count). The maximum Gasteiger partial charge on any atom is 0.436 e. The second kappa shape index (κ2) is 3.62. The Hall–Kier alpha value is -0.780. The highest BCUT2D eigenvalue weighted by atomic mass is 19.4. The SMILES string of the molecule is O=C1CC[C@]2(C(F)(F)F)OCC3(CCCCC3)N12. The van der Waals surface area contributed by atoms with Crippen LogP contribution >= 0.6 is 0 Å². The highest BCUT2D eigenvalue weighted by Gasteiger charge is 2.72. The minimum absolute atomic E-state index is 0.0399. The second-order valence-electron chi connectivity index (χ2n) is 5.58. The first-order valence-corrected chi connectivity index (χ1v) is 6.45. The van der Waals surface area contributed by atoms with Gasteiger partial charge in [-0.25, -0.2) is 0 Å². The number of hydrogen-bond acceptors (Lipinski definition) is 2. The van der Waals surface area contributed by atoms with E-state index in [1.807, 2.05) is 0 Å². The van der Waals surface area contributed by atoms with Crippen LogP contribution in [0.1, 0.15) is 44.9 Å². The molecule has 18 heavy (non-hydrogen) atoms. The number of amides is 1. The summed E-state index contributed by atoms with van der Waals surface area (Å²) in [6.07, 6.45) is -0.753. The van der Waals surface area contributed by atoms with Gasteiger partial charge in [-0.3, -0.25) is 9.69 Å². The van der Waals surface area contributed by atoms with Crippen molar-refractivity contribution in [2.75, 3.05) is 6.61 Å². The summed E-state index contributed by atoms with van der Waals surface area (Å²) in [4.78, 5) is 13.0. The maximum atomic E-state index is 13.3. The molecule has 0 N–H and O–H groups in total. The van der Waals surface area contributed by atoms with Crippen LogP contribution in [0.15, 0.2) is 0 Å². The van der Waals surface area contributed by atoms with E-state index in [0.717, 1.165) is 24.2 Å². The number of hydrogen-bond donors (Lipinski definition) is 0. The van der Waals surface area contributed by atoms with Crippen molar-refractivity contribution in [2.45, 2.75) is 62.4 Å². The lowest BCUT2D eigenvalue weighted by Crippen LogP contribution is -2.60. The number of carbonyl (C=O) groups is 1. The molecule has 0 unspecified atom stereocenters. The largest absolute Gasteiger partial charge is 0.436 e. The van der Waals surface area contributed by atoms with Gasteiger partial charge < -0.3 is 4.74 Å². The zero-order valence-electron chi connectivity index (χ0n) is 10.1. The molecular weight excluding hydrogens is 247 g/mol. The van der Waals surface area contributed by atoms with Gasteiger partial charge in [0.05, 0.1) is 12.1 Å². The number of nitrogens with zero attached hydrogens (tertiary/aromatic N) is 1. The van der Waals surface area contributed by atoms with Crippen molar-refractivity contribution in [1.82, 2.24) is 4.90 Å². The molecule has 0 radical (unpaired) electrons. The van der Waals surface area contributed by atoms with Crippen LogP contribution in [0, 0.1) is 0 Å². The molecule has 3 fully saturated rings. The lowest BCUT2D eigenvalue weighted by molar-refractivity contribution is -0.295. The van der Waals surface area contributed by atoms with Gasteiger partial charge in [0.25, 0.3) is 0 Å². The second-order valence-corrected chi connectivity index (χ2v) is 5.58. The van der Waals surface area contributed by atoms with E-state index in [4.69, 9.17) is 4.74 Å². The van der Waals surface area contributed by atoms with Crippen LogP contribution in [-0.4, -0.2) is 34.9 Å². The van der Waals surface area contributed by atoms with Gasteiger partial charge in [-0.05, 0) is 12.8 Å². The third-order valence-corrected chi connectivity index (χ3v) is 4.57. The molecule has 3 aliphatic rings. The molecule has 2 heterocycles. The minimum atomic E-state index is -4.50. The van der Waals surface area contributed by atoms with Crippen LogP contribution in [0.4, 0.5) is 13.2 Å². The van der Waals surface area contributed by atoms with Gasteiger partial charge in [0.1, 0.15) is 0 Å². The number of ether oxygens (including phenoxy) is 1. The van der Waals surface area contributed by atoms with Crippen LogP contribution in [0.25, 0.3) is 0 Å². The fraction of sp³-hybridized carbons (Fsp3) is 0.917. The van der Waals surface area contributed by atoms with Crippen molar-refractivity contribution < 1.29 is 22.7 Å². The maximum absolute atomic E-state index is 13.3. The average Bonchev–Trinajstić information content (AvgIpc) is 2.81. The Morgan fingerprint density at radius 2 is 1.78 bits per heavy atom. The summed E-state index contributed by atoms with van der Waals surface area (Å²) in [5.41, 5.74) is -3.03. The summed E-state index contributed by atoms with van der Waals surface area (Å²) in [5.74, 6) is -0.397. The van der Waals surface area contributed by atoms with Crippen LogP contribution in [0.3, 0.4) is 0 Å². The number of alkyl halides is 3. The van der Waals surface area contributed by atoms with Crippen molar-refractivity contribution in [3.05, 3.63) is 0 Å². The predicted molar refractivity (Wildman–Crippen MR) is 56.6 cm³/mol. The zero-order chi connectivity index (χ0) is 13.0. The molecule has 1 spiro atoms. The lowest BCUT2D eigenvalue weighted by atomic mass is 9.81. The van der Waals surface area contributed by atoms with Gasteiger partial charge in [-0.15, -0.1) is 0 Å². The van der Waals surface area contributed by atoms with Gasteiger partial charge in [0, 0.05) is 12.8 Å². The van der Waals surface area contributed by atoms with Gasteiger partial charge in [-0.1, -0.05) is 19.3 Å². The number of carbonyl (C=O) groups excluding carboxylic acids is 1. The Balaban J connectivity index is 2.01. The molecule has 2 saturated heterocycles. The molecule has 6 heteroatoms. The Morgan fingerprint density at radius 1 is 1.11 bits per heavy atom. The number of halogens is 3. The number of rotatable bonds is 0. The standard InChI is InChI=1S/C12H16F3NO2/c13-12(14,15)11-7-4-9(17)16(11)10(8-18-11)5-2-1-3-6-10/h1-8H2/t11-/m1/s1. The molecule has 102 valence electrons. The monoisotopic (exact) mass is 263 g/mol. The van der Waals surface area contributed by atoms with E-state index in [9.17, 15) is 18.0 Å². The van der Waals surface area contributed by atoms with Gasteiger partial charge >= 0.3 is 6.18 Å². The van der Waals surface area contributed by atoms with Gasteiger partial charge in [-0.2, -0.15) is 13.2 Å². The van der Waals surface area contributed by atoms with Crippen molar-refractivity contribution in [3.63, 3.8) is 0 Å². The van der Waals surface area contributed by atoms with Crippen LogP contribution in [0.2, 0.25) is 0 Å². The van der Waals surface area contributed by atoms with E-state index in [2.05, 4.69) is 0 Å². The van der Waals surface area contributed by atoms with Crippen molar-refractivity contribution in [2.24, 2.45) is 0 Å². The summed E-state index contributed by atoms with van der Waals surface area (Å²) in [7, 11) is 0. The molecule has 1 saturated carbocycles. The minimum Gasteiger partial charge on any atom is -0.345 e. The summed E-state index contributed by atoms with van der Waals surface area (Å²) in [5, 5.41) is 0. The first-order chi connectivity index (χ1) is 8.41. The van der Waals surface area contributed by atoms with Crippen LogP contribution in [-0.2, 0) is 9.53 Å². The van der Waals surface area contributed by atoms with E-state index in [1.165, 1.54) is 0 Å². The smallest absolute Gasteiger partial charge is 0.345 e. The quantitative estimate of drug-likeness (QED) is 0.672. The fourth-order valence-electron chi connectivity index (χ4n) is 3.73. The van der Waals surface area contributed by atoms with Crippen LogP contribution < -0.4 is 0 Å². The van der Waals surface area contributed by atoms with E-state index in [1.54, 1.807) is 0 Å². The van der Waals surface area contributed by atoms with Crippen molar-refractivity contribution >= 4 is 5.91 Å². The molecule has 0 aromatic carbocycles. The molecule has 2 aliphatic heterocycles. The molecule has 1 amide bonds. The molecular formula is C12H16F3NO2. The van der Waals surface area contributed by atoms with E-state index >= 15 is 0 Å². The highest BCUT2D eigenvalue weighted by molar-refractivity contribution is 5.81. The topological polar surface area (TPSA) is 29.5 Å². The zero-order valence-corrected chi connectivity index (χ0v) is 10.1. The van der Waals surface area contributed by atoms with Gasteiger partial charge in [0.2, 0.25) is 11.6 Å². The average molecular weight is 263 g/mol. The first kappa shape index (κ1) is 12.3. The van der Waals surface area contributed by atoms with Crippen molar-refractivity contribution in [1.29, 1.82) is 0 Å². The summed E-state index contributed by atoms with van der Waals surface area (Å²) in [6, 6.07) is 0. The third-order valence-electron chi connectivity index (χ3n) is 4.57. The van der Waals surface area contributed by atoms with Gasteiger partial charge in [0.15, 0.2) is 0 Å². The molecule has 1 atom stereocenters. The Morgan fingerprint density at radius 3 is 2.39 bits per heavy atom. The molecule has 0 bridgehead atoms. The van der Waals surface area contributed by atoms with E-state index in [-0.39, 0.29) is 19.4 Å².